The van der Waals surface area contributed by atoms with E-state index in [4.69, 9.17) is 0 Å². The molecule has 0 aromatic heterocycles. The van der Waals surface area contributed by atoms with Gasteiger partial charge in [-0.25, -0.2) is 0 Å². The van der Waals surface area contributed by atoms with Gasteiger partial charge in [0.05, 0.1) is 12.2 Å². The molecule has 2 aromatic rings. The van der Waals surface area contributed by atoms with Gasteiger partial charge in [-0.05, 0) is 40.6 Å². The van der Waals surface area contributed by atoms with Gasteiger partial charge in [-0.2, -0.15) is 0 Å². The molecule has 3 nitrogen and oxygen atoms in total. The van der Waals surface area contributed by atoms with Crippen LogP contribution in [0.5, 0.6) is 0 Å². The molecule has 1 fully saturated rings. The molecule has 1 aliphatic rings. The second-order valence-corrected chi connectivity index (χ2v) is 12.8. The van der Waals surface area contributed by atoms with Gasteiger partial charge in [-0.15, -0.1) is 0 Å². The Morgan fingerprint density at radius 1 is 1.00 bits per heavy atom. The zero-order valence-corrected chi connectivity index (χ0v) is 17.4. The summed E-state index contributed by atoms with van der Waals surface area (Å²) in [5.74, 6) is 0.303. The van der Waals surface area contributed by atoms with Crippen LogP contribution >= 0.6 is 0 Å². The predicted molar refractivity (Wildman–Crippen MR) is 113 cm³/mol. The fourth-order valence-electron chi connectivity index (χ4n) is 4.96. The molecule has 0 radical (unpaired) electrons. The van der Waals surface area contributed by atoms with Crippen LogP contribution in [-0.4, -0.2) is 35.5 Å². The molecule has 3 N–H and O–H groups in total. The van der Waals surface area contributed by atoms with Crippen molar-refractivity contribution in [1.29, 1.82) is 0 Å². The molecule has 146 valence electrons. The lowest BCUT2D eigenvalue weighted by Gasteiger charge is -2.45. The van der Waals surface area contributed by atoms with Crippen LogP contribution in [0.25, 0.3) is 0 Å². The summed E-state index contributed by atoms with van der Waals surface area (Å²) in [5.41, 5.74) is -0.960. The summed E-state index contributed by atoms with van der Waals surface area (Å²) in [4.78, 5) is 12.2. The van der Waals surface area contributed by atoms with E-state index in [1.54, 1.807) is 0 Å². The topological polar surface area (TPSA) is 60.7 Å². The molecule has 0 bridgehead atoms. The van der Waals surface area contributed by atoms with E-state index in [-0.39, 0.29) is 11.6 Å². The Hall–Kier alpha value is -1.46. The van der Waals surface area contributed by atoms with Crippen molar-refractivity contribution in [3.05, 3.63) is 60.7 Å². The highest BCUT2D eigenvalue weighted by Gasteiger charge is 2.51. The third-order valence-corrected chi connectivity index (χ3v) is 10.9. The van der Waals surface area contributed by atoms with E-state index in [1.165, 1.54) is 0 Å². The molecule has 2 aromatic carbocycles. The number of benzene rings is 2. The van der Waals surface area contributed by atoms with Crippen molar-refractivity contribution >= 4 is 18.7 Å². The zero-order chi connectivity index (χ0) is 19.5. The SMILES string of the molecule is CC(C)(CC1CCCC(O)(CO)C1)[Si](O)(c1ccccc1)c1ccccc1. The summed E-state index contributed by atoms with van der Waals surface area (Å²) in [6, 6.07) is 20.1. The van der Waals surface area contributed by atoms with Crippen molar-refractivity contribution in [2.45, 2.75) is 56.6 Å². The van der Waals surface area contributed by atoms with Crippen LogP contribution in [0, 0.1) is 5.92 Å². The van der Waals surface area contributed by atoms with Crippen LogP contribution in [0.3, 0.4) is 0 Å². The fraction of sp³-hybridized carbons (Fsp3) is 0.478. The van der Waals surface area contributed by atoms with E-state index in [0.717, 1.165) is 29.6 Å². The summed E-state index contributed by atoms with van der Waals surface area (Å²) in [6.07, 6.45) is 4.08. The molecular formula is C23H32O3Si. The van der Waals surface area contributed by atoms with Gasteiger partial charge in [0.15, 0.2) is 0 Å². The first kappa shape index (κ1) is 20.3. The normalized spacial score (nSPS) is 24.0. The zero-order valence-electron chi connectivity index (χ0n) is 16.4. The van der Waals surface area contributed by atoms with Crippen molar-refractivity contribution in [2.24, 2.45) is 5.92 Å². The highest BCUT2D eigenvalue weighted by molar-refractivity contribution is 6.98. The van der Waals surface area contributed by atoms with E-state index in [2.05, 4.69) is 13.8 Å². The van der Waals surface area contributed by atoms with Gasteiger partial charge in [0.2, 0.25) is 0 Å². The number of aliphatic hydroxyl groups excluding tert-OH is 1. The Morgan fingerprint density at radius 3 is 2.00 bits per heavy atom. The number of hydrogen-bond acceptors (Lipinski definition) is 3. The molecular weight excluding hydrogens is 352 g/mol. The number of aliphatic hydroxyl groups is 2. The Labute approximate surface area is 163 Å². The Balaban J connectivity index is 1.96. The summed E-state index contributed by atoms with van der Waals surface area (Å²) in [6.45, 7) is 4.17. The monoisotopic (exact) mass is 384 g/mol. The summed E-state index contributed by atoms with van der Waals surface area (Å²) < 4.78 is 0. The third kappa shape index (κ3) is 4.04. The predicted octanol–water partition coefficient (Wildman–Crippen LogP) is 2.82. The van der Waals surface area contributed by atoms with E-state index in [9.17, 15) is 15.0 Å². The molecule has 27 heavy (non-hydrogen) atoms. The van der Waals surface area contributed by atoms with Crippen LogP contribution < -0.4 is 10.4 Å². The highest BCUT2D eigenvalue weighted by Crippen LogP contribution is 2.46. The Morgan fingerprint density at radius 2 is 1.52 bits per heavy atom. The Kier molecular flexibility index (Phi) is 5.92. The van der Waals surface area contributed by atoms with Crippen molar-refractivity contribution in [3.8, 4) is 0 Å². The van der Waals surface area contributed by atoms with Crippen LogP contribution in [0.1, 0.15) is 46.0 Å². The van der Waals surface area contributed by atoms with Gasteiger partial charge in [0.25, 0.3) is 8.32 Å². The van der Waals surface area contributed by atoms with Gasteiger partial charge >= 0.3 is 0 Å². The van der Waals surface area contributed by atoms with Crippen LogP contribution in [-0.2, 0) is 0 Å². The summed E-state index contributed by atoms with van der Waals surface area (Å²) >= 11 is 0. The maximum atomic E-state index is 12.2. The second-order valence-electron chi connectivity index (χ2n) is 8.88. The van der Waals surface area contributed by atoms with Gasteiger partial charge in [0, 0.05) is 0 Å². The van der Waals surface area contributed by atoms with Crippen molar-refractivity contribution in [2.75, 3.05) is 6.61 Å². The average Bonchev–Trinajstić information content (AvgIpc) is 2.68. The minimum Gasteiger partial charge on any atom is -0.424 e. The first-order valence-electron chi connectivity index (χ1n) is 9.97. The van der Waals surface area contributed by atoms with Gasteiger partial charge in [-0.3, -0.25) is 0 Å². The Bertz CT molecular complexity index is 692. The smallest absolute Gasteiger partial charge is 0.258 e. The van der Waals surface area contributed by atoms with Crippen LogP contribution in [0.2, 0.25) is 5.04 Å². The van der Waals surface area contributed by atoms with Crippen molar-refractivity contribution < 1.29 is 15.0 Å². The third-order valence-electron chi connectivity index (χ3n) is 6.38. The average molecular weight is 385 g/mol. The van der Waals surface area contributed by atoms with Gasteiger partial charge in [-0.1, -0.05) is 87.4 Å². The van der Waals surface area contributed by atoms with E-state index in [0.29, 0.717) is 18.8 Å². The first-order valence-corrected chi connectivity index (χ1v) is 11.9. The first-order chi connectivity index (χ1) is 12.8. The summed E-state index contributed by atoms with van der Waals surface area (Å²) in [5, 5.41) is 21.9. The second kappa shape index (κ2) is 7.88. The quantitative estimate of drug-likeness (QED) is 0.671. The molecule has 1 saturated carbocycles. The molecule has 4 heteroatoms. The molecule has 0 heterocycles. The van der Waals surface area contributed by atoms with E-state index in [1.807, 2.05) is 60.7 Å². The molecule has 0 aliphatic heterocycles. The lowest BCUT2D eigenvalue weighted by molar-refractivity contribution is -0.0594. The van der Waals surface area contributed by atoms with Crippen molar-refractivity contribution in [3.63, 3.8) is 0 Å². The molecule has 2 unspecified atom stereocenters. The minimum atomic E-state index is -3.01. The molecule has 1 aliphatic carbocycles. The standard InChI is InChI=1S/C23H32O3Si/c1-22(2,16-19-10-9-15-23(25,17-19)18-24)27(26,20-11-5-3-6-12-20)21-13-7-4-8-14-21/h3-8,11-14,19,24-26H,9-10,15-18H2,1-2H3. The maximum Gasteiger partial charge on any atom is 0.258 e. The number of hydrogen-bond donors (Lipinski definition) is 3. The largest absolute Gasteiger partial charge is 0.424 e. The van der Waals surface area contributed by atoms with E-state index < -0.39 is 13.9 Å². The molecule has 3 rings (SSSR count). The lowest BCUT2D eigenvalue weighted by Crippen LogP contribution is -2.65. The van der Waals surface area contributed by atoms with Crippen LogP contribution in [0.4, 0.5) is 0 Å². The number of rotatable bonds is 6. The molecule has 0 amide bonds. The summed E-state index contributed by atoms with van der Waals surface area (Å²) in [7, 11) is -3.01. The van der Waals surface area contributed by atoms with Crippen LogP contribution in [0.15, 0.2) is 60.7 Å². The van der Waals surface area contributed by atoms with E-state index >= 15 is 0 Å². The highest BCUT2D eigenvalue weighted by atomic mass is 28.4. The molecule has 0 spiro atoms. The van der Waals surface area contributed by atoms with Crippen molar-refractivity contribution in [1.82, 2.24) is 0 Å². The van der Waals surface area contributed by atoms with Gasteiger partial charge in [0.1, 0.15) is 0 Å². The molecule has 2 atom stereocenters. The molecule has 0 saturated heterocycles. The minimum absolute atomic E-state index is 0.178. The maximum absolute atomic E-state index is 12.2. The van der Waals surface area contributed by atoms with Gasteiger partial charge < -0.3 is 15.0 Å². The lowest BCUT2D eigenvalue weighted by atomic mass is 9.75. The fourth-order valence-corrected chi connectivity index (χ4v) is 8.79.